The summed E-state index contributed by atoms with van der Waals surface area (Å²) < 4.78 is 2.69. The fourth-order valence-electron chi connectivity index (χ4n) is 3.60. The van der Waals surface area contributed by atoms with Crippen LogP contribution < -0.4 is 22.0 Å². The van der Waals surface area contributed by atoms with Gasteiger partial charge in [0, 0.05) is 30.4 Å². The second-order valence-electron chi connectivity index (χ2n) is 7.30. The lowest BCUT2D eigenvalue weighted by molar-refractivity contribution is 0.0844. The van der Waals surface area contributed by atoms with Gasteiger partial charge >= 0.3 is 0 Å². The van der Waals surface area contributed by atoms with Gasteiger partial charge in [-0.05, 0) is 18.6 Å². The summed E-state index contributed by atoms with van der Waals surface area (Å²) in [6.45, 7) is 2.26. The van der Waals surface area contributed by atoms with Crippen LogP contribution in [0.5, 0.6) is 0 Å². The van der Waals surface area contributed by atoms with Crippen LogP contribution >= 0.6 is 0 Å². The first-order chi connectivity index (χ1) is 15.4. The number of fused-ring (bicyclic) bond motifs is 2. The zero-order chi connectivity index (χ0) is 22.8. The van der Waals surface area contributed by atoms with Crippen molar-refractivity contribution in [2.45, 2.75) is 19.9 Å². The Labute approximate surface area is 182 Å². The van der Waals surface area contributed by atoms with E-state index in [0.717, 1.165) is 0 Å². The minimum absolute atomic E-state index is 0.0165. The van der Waals surface area contributed by atoms with Crippen LogP contribution in [-0.4, -0.2) is 26.2 Å². The van der Waals surface area contributed by atoms with Crippen LogP contribution in [0.15, 0.2) is 64.2 Å². The lowest BCUT2D eigenvalue weighted by Gasteiger charge is -2.13. The highest BCUT2D eigenvalue weighted by Gasteiger charge is 2.18. The van der Waals surface area contributed by atoms with Crippen molar-refractivity contribution >= 4 is 33.5 Å². The summed E-state index contributed by atoms with van der Waals surface area (Å²) in [5.74, 6) is -1.31. The number of rotatable bonds is 4. The van der Waals surface area contributed by atoms with Crippen molar-refractivity contribution < 1.29 is 9.59 Å². The molecule has 0 bridgehead atoms. The van der Waals surface area contributed by atoms with Crippen LogP contribution in [0.1, 0.15) is 34.2 Å². The fourth-order valence-corrected chi connectivity index (χ4v) is 3.60. The Morgan fingerprint density at radius 3 is 2.25 bits per heavy atom. The standard InChI is InChI=1S/C23H21N5O4/c1-3-12-28-23(32)16-10-5-4-9-15(16)20(26-28)22(31)25-24-21(30)17-13-19(29)27(2)18-11-7-6-8-14(17)18/h4-11,13H,3,12H2,1-2H3,(H,24,30)(H,25,31). The first-order valence-electron chi connectivity index (χ1n) is 10.1. The number of nitrogens with one attached hydrogen (secondary N) is 2. The highest BCUT2D eigenvalue weighted by Crippen LogP contribution is 2.16. The van der Waals surface area contributed by atoms with Crippen molar-refractivity contribution in [2.24, 2.45) is 7.05 Å². The molecule has 0 saturated carbocycles. The molecule has 162 valence electrons. The number of para-hydroxylation sites is 1. The summed E-state index contributed by atoms with van der Waals surface area (Å²) in [5.41, 5.74) is 4.82. The van der Waals surface area contributed by atoms with Crippen LogP contribution in [0, 0.1) is 0 Å². The molecule has 0 aliphatic rings. The van der Waals surface area contributed by atoms with E-state index in [0.29, 0.717) is 34.6 Å². The van der Waals surface area contributed by atoms with E-state index in [9.17, 15) is 19.2 Å². The number of hydrogen-bond donors (Lipinski definition) is 2. The first-order valence-corrected chi connectivity index (χ1v) is 10.1. The normalized spacial score (nSPS) is 10.9. The van der Waals surface area contributed by atoms with E-state index in [2.05, 4.69) is 16.0 Å². The lowest BCUT2D eigenvalue weighted by Crippen LogP contribution is -2.43. The molecular weight excluding hydrogens is 410 g/mol. The number of aryl methyl sites for hydroxylation is 2. The van der Waals surface area contributed by atoms with Gasteiger partial charge < -0.3 is 4.57 Å². The number of carbonyl (C=O) groups excluding carboxylic acids is 2. The van der Waals surface area contributed by atoms with E-state index in [1.807, 2.05) is 6.92 Å². The third kappa shape index (κ3) is 3.64. The van der Waals surface area contributed by atoms with E-state index < -0.39 is 11.8 Å². The zero-order valence-corrected chi connectivity index (χ0v) is 17.6. The second-order valence-corrected chi connectivity index (χ2v) is 7.30. The van der Waals surface area contributed by atoms with Crippen molar-refractivity contribution in [1.82, 2.24) is 25.2 Å². The Kier molecular flexibility index (Phi) is 5.55. The Balaban J connectivity index is 1.66. The van der Waals surface area contributed by atoms with Gasteiger partial charge in [-0.1, -0.05) is 43.3 Å². The maximum absolute atomic E-state index is 12.9. The topological polar surface area (TPSA) is 115 Å². The molecule has 0 saturated heterocycles. The average Bonchev–Trinajstić information content (AvgIpc) is 2.81. The molecule has 0 fully saturated rings. The highest BCUT2D eigenvalue weighted by molar-refractivity contribution is 6.09. The number of hydrogen-bond acceptors (Lipinski definition) is 5. The molecule has 0 unspecified atom stereocenters. The maximum Gasteiger partial charge on any atom is 0.290 e. The van der Waals surface area contributed by atoms with Gasteiger partial charge in [0.15, 0.2) is 5.69 Å². The summed E-state index contributed by atoms with van der Waals surface area (Å²) in [5, 5.41) is 5.53. The lowest BCUT2D eigenvalue weighted by atomic mass is 10.1. The van der Waals surface area contributed by atoms with E-state index in [-0.39, 0.29) is 22.4 Å². The number of pyridine rings is 1. The summed E-state index contributed by atoms with van der Waals surface area (Å²) in [6, 6.07) is 14.9. The van der Waals surface area contributed by atoms with Gasteiger partial charge in [0.25, 0.3) is 22.9 Å². The van der Waals surface area contributed by atoms with Crippen LogP contribution in [-0.2, 0) is 13.6 Å². The third-order valence-electron chi connectivity index (χ3n) is 5.21. The minimum Gasteiger partial charge on any atom is -0.311 e. The number of benzene rings is 2. The molecule has 2 N–H and O–H groups in total. The molecule has 2 heterocycles. The molecule has 0 aliphatic heterocycles. The Bertz CT molecular complexity index is 1490. The monoisotopic (exact) mass is 431 g/mol. The van der Waals surface area contributed by atoms with Gasteiger partial charge in [-0.3, -0.25) is 30.0 Å². The number of aromatic nitrogens is 3. The summed E-state index contributed by atoms with van der Waals surface area (Å²) in [6.07, 6.45) is 0.666. The van der Waals surface area contributed by atoms with Gasteiger partial charge in [-0.2, -0.15) is 5.10 Å². The first kappa shape index (κ1) is 21.0. The second kappa shape index (κ2) is 8.46. The molecular formula is C23H21N5O4. The Morgan fingerprint density at radius 1 is 0.906 bits per heavy atom. The molecule has 4 rings (SSSR count). The van der Waals surface area contributed by atoms with Crippen molar-refractivity contribution in [3.05, 3.63) is 86.6 Å². The number of nitrogens with zero attached hydrogens (tertiary/aromatic N) is 3. The maximum atomic E-state index is 12.9. The number of carbonyl (C=O) groups is 2. The molecule has 2 aromatic heterocycles. The third-order valence-corrected chi connectivity index (χ3v) is 5.21. The smallest absolute Gasteiger partial charge is 0.290 e. The molecule has 2 amide bonds. The molecule has 4 aromatic rings. The van der Waals surface area contributed by atoms with E-state index in [1.54, 1.807) is 55.6 Å². The predicted octanol–water partition coefficient (Wildman–Crippen LogP) is 1.73. The predicted molar refractivity (Wildman–Crippen MR) is 120 cm³/mol. The minimum atomic E-state index is -0.674. The molecule has 9 heteroatoms. The highest BCUT2D eigenvalue weighted by atomic mass is 16.2. The van der Waals surface area contributed by atoms with Crippen molar-refractivity contribution in [3.63, 3.8) is 0 Å². The van der Waals surface area contributed by atoms with E-state index in [1.165, 1.54) is 15.3 Å². The van der Waals surface area contributed by atoms with E-state index in [4.69, 9.17) is 0 Å². The molecule has 32 heavy (non-hydrogen) atoms. The molecule has 0 aliphatic carbocycles. The zero-order valence-electron chi connectivity index (χ0n) is 17.6. The van der Waals surface area contributed by atoms with Crippen molar-refractivity contribution in [1.29, 1.82) is 0 Å². The summed E-state index contributed by atoms with van der Waals surface area (Å²) in [4.78, 5) is 50.5. The Morgan fingerprint density at radius 2 is 1.53 bits per heavy atom. The van der Waals surface area contributed by atoms with Crippen molar-refractivity contribution in [3.8, 4) is 0 Å². The molecule has 9 nitrogen and oxygen atoms in total. The van der Waals surface area contributed by atoms with Crippen molar-refractivity contribution in [2.75, 3.05) is 0 Å². The van der Waals surface area contributed by atoms with Gasteiger partial charge in [0.1, 0.15) is 0 Å². The van der Waals surface area contributed by atoms with E-state index >= 15 is 0 Å². The average molecular weight is 431 g/mol. The van der Waals surface area contributed by atoms with Crippen LogP contribution in [0.3, 0.4) is 0 Å². The summed E-state index contributed by atoms with van der Waals surface area (Å²) in [7, 11) is 1.62. The number of amides is 2. The van der Waals surface area contributed by atoms with Crippen LogP contribution in [0.4, 0.5) is 0 Å². The van der Waals surface area contributed by atoms with Gasteiger partial charge in [-0.25, -0.2) is 4.68 Å². The molecule has 2 aromatic carbocycles. The fraction of sp³-hybridized carbons (Fsp3) is 0.174. The largest absolute Gasteiger partial charge is 0.311 e. The van der Waals surface area contributed by atoms with Gasteiger partial charge in [0.05, 0.1) is 16.5 Å². The SMILES string of the molecule is CCCn1nc(C(=O)NNC(=O)c2cc(=O)n(C)c3ccccc23)c2ccccc2c1=O. The summed E-state index contributed by atoms with van der Waals surface area (Å²) >= 11 is 0. The molecule has 0 spiro atoms. The molecule has 0 atom stereocenters. The van der Waals surface area contributed by atoms with Gasteiger partial charge in [-0.15, -0.1) is 0 Å². The quantitative estimate of drug-likeness (QED) is 0.478. The van der Waals surface area contributed by atoms with Crippen LogP contribution in [0.2, 0.25) is 0 Å². The van der Waals surface area contributed by atoms with Gasteiger partial charge in [0.2, 0.25) is 0 Å². The molecule has 0 radical (unpaired) electrons. The number of hydrazine groups is 1. The van der Waals surface area contributed by atoms with Crippen LogP contribution in [0.25, 0.3) is 21.7 Å². The Hall–Kier alpha value is -4.27.